The first-order chi connectivity index (χ1) is 14.9. The Morgan fingerprint density at radius 3 is 2.81 bits per heavy atom. The van der Waals surface area contributed by atoms with Gasteiger partial charge in [-0.1, -0.05) is 42.0 Å². The van der Waals surface area contributed by atoms with Crippen molar-refractivity contribution in [1.29, 1.82) is 0 Å². The molecule has 31 heavy (non-hydrogen) atoms. The molecule has 2 saturated heterocycles. The molecular formula is C24H28N4O3. The largest absolute Gasteiger partial charge is 0.360 e. The molecule has 162 valence electrons. The van der Waals surface area contributed by atoms with Gasteiger partial charge in [0, 0.05) is 33.0 Å². The number of aromatic nitrogens is 2. The molecule has 2 bridgehead atoms. The SMILES string of the molecule is Cc1ccc(CCN2C[C@]34C=C[C@H](O3)[C@@H](C(=O)N(C)Cc3nccn3C)[C@@H]4C2=O)cc1. The predicted octanol–water partition coefficient (Wildman–Crippen LogP) is 1.71. The second-order valence-corrected chi connectivity index (χ2v) is 9.04. The summed E-state index contributed by atoms with van der Waals surface area (Å²) in [5, 5.41) is 0. The van der Waals surface area contributed by atoms with E-state index >= 15 is 0 Å². The molecule has 5 rings (SSSR count). The average molecular weight is 421 g/mol. The van der Waals surface area contributed by atoms with Crippen LogP contribution in [0, 0.1) is 18.8 Å². The molecule has 0 N–H and O–H groups in total. The van der Waals surface area contributed by atoms with Crippen LogP contribution in [0.15, 0.2) is 48.8 Å². The molecule has 1 spiro atoms. The number of hydrogen-bond acceptors (Lipinski definition) is 4. The second kappa shape index (κ2) is 7.34. The van der Waals surface area contributed by atoms with Gasteiger partial charge in [-0.2, -0.15) is 0 Å². The molecule has 1 aromatic heterocycles. The van der Waals surface area contributed by atoms with Crippen LogP contribution in [0.25, 0.3) is 0 Å². The molecule has 4 atom stereocenters. The Balaban J connectivity index is 1.31. The summed E-state index contributed by atoms with van der Waals surface area (Å²) in [7, 11) is 3.68. The summed E-state index contributed by atoms with van der Waals surface area (Å²) < 4.78 is 8.15. The van der Waals surface area contributed by atoms with Crippen molar-refractivity contribution >= 4 is 11.8 Å². The number of nitrogens with zero attached hydrogens (tertiary/aromatic N) is 4. The van der Waals surface area contributed by atoms with Crippen molar-refractivity contribution in [2.45, 2.75) is 31.6 Å². The van der Waals surface area contributed by atoms with E-state index in [0.29, 0.717) is 19.6 Å². The standard InChI is InChI=1S/C24H28N4O3/c1-16-4-6-17(7-5-16)9-12-28-15-24-10-8-18(31-24)20(21(24)23(28)30)22(29)27(3)14-19-25-11-13-26(19)2/h4-8,10-11,13,18,20-21H,9,12,14-15H2,1-3H3/t18-,20+,21+,24-/m0/s1. The second-order valence-electron chi connectivity index (χ2n) is 9.04. The number of benzene rings is 1. The lowest BCUT2D eigenvalue weighted by molar-refractivity contribution is -0.142. The third kappa shape index (κ3) is 3.28. The highest BCUT2D eigenvalue weighted by Gasteiger charge is 2.66. The van der Waals surface area contributed by atoms with Gasteiger partial charge in [-0.15, -0.1) is 0 Å². The summed E-state index contributed by atoms with van der Waals surface area (Å²) in [6.45, 7) is 3.62. The van der Waals surface area contributed by atoms with Gasteiger partial charge in [-0.05, 0) is 18.9 Å². The van der Waals surface area contributed by atoms with E-state index in [1.807, 2.05) is 34.9 Å². The van der Waals surface area contributed by atoms with Crippen molar-refractivity contribution in [3.05, 3.63) is 65.8 Å². The molecule has 4 heterocycles. The first-order valence-electron chi connectivity index (χ1n) is 10.8. The van der Waals surface area contributed by atoms with Crippen molar-refractivity contribution in [2.75, 3.05) is 20.1 Å². The smallest absolute Gasteiger partial charge is 0.230 e. The van der Waals surface area contributed by atoms with Gasteiger partial charge in [-0.25, -0.2) is 4.98 Å². The van der Waals surface area contributed by atoms with E-state index in [0.717, 1.165) is 12.2 Å². The molecule has 1 aromatic carbocycles. The van der Waals surface area contributed by atoms with Crippen molar-refractivity contribution in [3.63, 3.8) is 0 Å². The lowest BCUT2D eigenvalue weighted by Crippen LogP contribution is -2.44. The van der Waals surface area contributed by atoms with Gasteiger partial charge in [-0.3, -0.25) is 9.59 Å². The monoisotopic (exact) mass is 420 g/mol. The Morgan fingerprint density at radius 1 is 1.32 bits per heavy atom. The highest BCUT2D eigenvalue weighted by molar-refractivity contribution is 5.93. The summed E-state index contributed by atoms with van der Waals surface area (Å²) in [6, 6.07) is 8.40. The molecule has 7 nitrogen and oxygen atoms in total. The highest BCUT2D eigenvalue weighted by Crippen LogP contribution is 2.52. The zero-order valence-corrected chi connectivity index (χ0v) is 18.2. The van der Waals surface area contributed by atoms with Crippen LogP contribution in [0.1, 0.15) is 17.0 Å². The zero-order chi connectivity index (χ0) is 21.8. The summed E-state index contributed by atoms with van der Waals surface area (Å²) in [5.41, 5.74) is 1.76. The Hall–Kier alpha value is -2.93. The number of imidazole rings is 1. The van der Waals surface area contributed by atoms with E-state index in [-0.39, 0.29) is 17.9 Å². The Labute approximate surface area is 182 Å². The fourth-order valence-corrected chi connectivity index (χ4v) is 5.16. The van der Waals surface area contributed by atoms with Gasteiger partial charge in [0.1, 0.15) is 11.4 Å². The topological polar surface area (TPSA) is 67.7 Å². The van der Waals surface area contributed by atoms with Crippen LogP contribution in [0.2, 0.25) is 0 Å². The van der Waals surface area contributed by atoms with E-state index in [1.165, 1.54) is 11.1 Å². The molecule has 2 aromatic rings. The van der Waals surface area contributed by atoms with Crippen molar-refractivity contribution in [1.82, 2.24) is 19.4 Å². The third-order valence-corrected chi connectivity index (χ3v) is 6.93. The van der Waals surface area contributed by atoms with Gasteiger partial charge in [0.2, 0.25) is 11.8 Å². The minimum atomic E-state index is -0.667. The fourth-order valence-electron chi connectivity index (χ4n) is 5.16. The average Bonchev–Trinajstić information content (AvgIpc) is 3.49. The maximum atomic E-state index is 13.4. The van der Waals surface area contributed by atoms with Crippen molar-refractivity contribution < 1.29 is 14.3 Å². The summed E-state index contributed by atoms with van der Waals surface area (Å²) >= 11 is 0. The number of likely N-dealkylation sites (tertiary alicyclic amines) is 1. The lowest BCUT2D eigenvalue weighted by atomic mass is 9.76. The molecular weight excluding hydrogens is 392 g/mol. The molecule has 2 amide bonds. The molecule has 0 radical (unpaired) electrons. The summed E-state index contributed by atoms with van der Waals surface area (Å²) in [4.78, 5) is 34.6. The minimum Gasteiger partial charge on any atom is -0.360 e. The maximum Gasteiger partial charge on any atom is 0.230 e. The summed E-state index contributed by atoms with van der Waals surface area (Å²) in [6.07, 6.45) is 8.01. The fraction of sp³-hybridized carbons (Fsp3) is 0.458. The van der Waals surface area contributed by atoms with Gasteiger partial charge >= 0.3 is 0 Å². The molecule has 7 heteroatoms. The van der Waals surface area contributed by atoms with Gasteiger partial charge < -0.3 is 19.1 Å². The lowest BCUT2D eigenvalue weighted by Gasteiger charge is -2.27. The maximum absolute atomic E-state index is 13.4. The first kappa shape index (κ1) is 20.0. The van der Waals surface area contributed by atoms with Crippen LogP contribution in [-0.2, 0) is 34.3 Å². The number of rotatable bonds is 6. The van der Waals surface area contributed by atoms with Crippen LogP contribution in [0.3, 0.4) is 0 Å². The molecule has 0 saturated carbocycles. The number of hydrogen-bond donors (Lipinski definition) is 0. The number of fused-ring (bicyclic) bond motifs is 1. The highest BCUT2D eigenvalue weighted by atomic mass is 16.5. The molecule has 3 aliphatic rings. The van der Waals surface area contributed by atoms with E-state index in [1.54, 1.807) is 18.1 Å². The Morgan fingerprint density at radius 2 is 2.10 bits per heavy atom. The number of carbonyl (C=O) groups excluding carboxylic acids is 2. The number of ether oxygens (including phenoxy) is 1. The van der Waals surface area contributed by atoms with Crippen molar-refractivity contribution in [3.8, 4) is 0 Å². The number of carbonyl (C=O) groups is 2. The number of amides is 2. The van der Waals surface area contributed by atoms with Gasteiger partial charge in [0.05, 0.1) is 31.0 Å². The minimum absolute atomic E-state index is 0.0303. The van der Waals surface area contributed by atoms with Gasteiger partial charge in [0.25, 0.3) is 0 Å². The van der Waals surface area contributed by atoms with Gasteiger partial charge in [0.15, 0.2) is 0 Å². The first-order valence-corrected chi connectivity index (χ1v) is 10.8. The van der Waals surface area contributed by atoms with Crippen LogP contribution in [0.4, 0.5) is 0 Å². The van der Waals surface area contributed by atoms with Crippen LogP contribution in [0.5, 0.6) is 0 Å². The Bertz CT molecular complexity index is 1040. The normalized spacial score (nSPS) is 28.4. The Kier molecular flexibility index (Phi) is 4.73. The molecule has 0 unspecified atom stereocenters. The van der Waals surface area contributed by atoms with Crippen LogP contribution >= 0.6 is 0 Å². The van der Waals surface area contributed by atoms with Crippen LogP contribution in [-0.4, -0.2) is 63.0 Å². The van der Waals surface area contributed by atoms with Crippen LogP contribution < -0.4 is 0 Å². The van der Waals surface area contributed by atoms with E-state index in [2.05, 4.69) is 36.2 Å². The van der Waals surface area contributed by atoms with Crippen molar-refractivity contribution in [2.24, 2.45) is 18.9 Å². The zero-order valence-electron chi connectivity index (χ0n) is 18.2. The summed E-state index contributed by atoms with van der Waals surface area (Å²) in [5.74, 6) is -0.146. The number of aryl methyl sites for hydroxylation is 2. The van der Waals surface area contributed by atoms with E-state index in [4.69, 9.17) is 4.74 Å². The van der Waals surface area contributed by atoms with E-state index in [9.17, 15) is 9.59 Å². The van der Waals surface area contributed by atoms with E-state index < -0.39 is 17.4 Å². The molecule has 2 fully saturated rings. The third-order valence-electron chi connectivity index (χ3n) is 6.93. The predicted molar refractivity (Wildman–Crippen MR) is 115 cm³/mol. The quantitative estimate of drug-likeness (QED) is 0.668. The molecule has 0 aliphatic carbocycles. The molecule has 3 aliphatic heterocycles.